The van der Waals surface area contributed by atoms with Crippen molar-refractivity contribution in [3.05, 3.63) is 63.1 Å². The van der Waals surface area contributed by atoms with Crippen molar-refractivity contribution in [3.63, 3.8) is 0 Å². The first-order chi connectivity index (χ1) is 10.1. The number of halogens is 3. The summed E-state index contributed by atoms with van der Waals surface area (Å²) in [5.41, 5.74) is 1.69. The number of hydrogen-bond donors (Lipinski definition) is 1. The van der Waals surface area contributed by atoms with Crippen molar-refractivity contribution in [2.24, 2.45) is 0 Å². The van der Waals surface area contributed by atoms with Crippen molar-refractivity contribution in [3.8, 4) is 0 Å². The molecule has 2 aromatic rings. The van der Waals surface area contributed by atoms with E-state index in [1.807, 2.05) is 12.1 Å². The second kappa shape index (κ2) is 7.87. The first-order valence-corrected chi connectivity index (χ1v) is 8.07. The van der Waals surface area contributed by atoms with Crippen LogP contribution in [0.3, 0.4) is 0 Å². The summed E-state index contributed by atoms with van der Waals surface area (Å²) in [4.78, 5) is 4.38. The maximum Gasteiger partial charge on any atom is 0.137 e. The summed E-state index contributed by atoms with van der Waals surface area (Å²) in [5.74, 6) is -0.256. The Hall–Kier alpha value is -0.970. The number of hydrogen-bond acceptors (Lipinski definition) is 2. The van der Waals surface area contributed by atoms with Gasteiger partial charge < -0.3 is 5.32 Å². The third-order valence-electron chi connectivity index (χ3n) is 3.21. The molecule has 0 bridgehead atoms. The summed E-state index contributed by atoms with van der Waals surface area (Å²) >= 11 is 9.56. The molecule has 0 aliphatic rings. The van der Waals surface area contributed by atoms with Crippen LogP contribution >= 0.6 is 27.5 Å². The Labute approximate surface area is 137 Å². The SMILES string of the molecule is CCCNC(Cc1cccc(F)c1Br)c1ncccc1Cl. The van der Waals surface area contributed by atoms with Gasteiger partial charge in [0, 0.05) is 6.20 Å². The standard InChI is InChI=1S/C16H17BrClFN2/c1-2-8-20-14(16-12(18)6-4-9-21-16)10-11-5-3-7-13(19)15(11)17/h3-7,9,14,20H,2,8,10H2,1H3. The highest BCUT2D eigenvalue weighted by molar-refractivity contribution is 9.10. The lowest BCUT2D eigenvalue weighted by Gasteiger charge is -2.20. The Bertz CT molecular complexity index is 607. The van der Waals surface area contributed by atoms with Crippen molar-refractivity contribution in [1.29, 1.82) is 0 Å². The smallest absolute Gasteiger partial charge is 0.137 e. The highest BCUT2D eigenvalue weighted by Crippen LogP contribution is 2.28. The van der Waals surface area contributed by atoms with E-state index >= 15 is 0 Å². The van der Waals surface area contributed by atoms with Crippen LogP contribution in [-0.4, -0.2) is 11.5 Å². The van der Waals surface area contributed by atoms with E-state index < -0.39 is 0 Å². The monoisotopic (exact) mass is 370 g/mol. The van der Waals surface area contributed by atoms with E-state index in [1.165, 1.54) is 6.07 Å². The van der Waals surface area contributed by atoms with Crippen LogP contribution in [0.4, 0.5) is 4.39 Å². The molecule has 0 radical (unpaired) electrons. The number of nitrogens with zero attached hydrogens (tertiary/aromatic N) is 1. The first kappa shape index (κ1) is 16.4. The minimum atomic E-state index is -0.256. The van der Waals surface area contributed by atoms with Gasteiger partial charge in [-0.15, -0.1) is 0 Å². The van der Waals surface area contributed by atoms with E-state index in [-0.39, 0.29) is 11.9 Å². The summed E-state index contributed by atoms with van der Waals surface area (Å²) in [5, 5.41) is 4.06. The van der Waals surface area contributed by atoms with Crippen LogP contribution in [0.2, 0.25) is 5.02 Å². The van der Waals surface area contributed by atoms with Crippen LogP contribution in [-0.2, 0) is 6.42 Å². The Morgan fingerprint density at radius 3 is 2.86 bits per heavy atom. The molecular formula is C16H17BrClFN2. The largest absolute Gasteiger partial charge is 0.308 e. The first-order valence-electron chi connectivity index (χ1n) is 6.90. The molecule has 21 heavy (non-hydrogen) atoms. The zero-order chi connectivity index (χ0) is 15.2. The molecule has 1 heterocycles. The molecule has 2 rings (SSSR count). The number of benzene rings is 1. The van der Waals surface area contributed by atoms with Gasteiger partial charge in [-0.3, -0.25) is 4.98 Å². The van der Waals surface area contributed by atoms with E-state index in [1.54, 1.807) is 18.3 Å². The molecule has 0 aliphatic heterocycles. The summed E-state index contributed by atoms with van der Waals surface area (Å²) in [6.07, 6.45) is 3.35. The van der Waals surface area contributed by atoms with Gasteiger partial charge in [-0.1, -0.05) is 30.7 Å². The lowest BCUT2D eigenvalue weighted by molar-refractivity contribution is 0.515. The normalized spacial score (nSPS) is 12.4. The summed E-state index contributed by atoms with van der Waals surface area (Å²) in [6.45, 7) is 2.95. The minimum absolute atomic E-state index is 0.0447. The average Bonchev–Trinajstić information content (AvgIpc) is 2.48. The van der Waals surface area contributed by atoms with Crippen molar-refractivity contribution >= 4 is 27.5 Å². The molecule has 0 saturated heterocycles. The maximum atomic E-state index is 13.7. The molecule has 0 aliphatic carbocycles. The van der Waals surface area contributed by atoms with Gasteiger partial charge in [-0.05, 0) is 59.1 Å². The van der Waals surface area contributed by atoms with Crippen molar-refractivity contribution < 1.29 is 4.39 Å². The third-order valence-corrected chi connectivity index (χ3v) is 4.42. The van der Waals surface area contributed by atoms with Crippen LogP contribution in [0.5, 0.6) is 0 Å². The average molecular weight is 372 g/mol. The van der Waals surface area contributed by atoms with E-state index in [4.69, 9.17) is 11.6 Å². The van der Waals surface area contributed by atoms with Crippen LogP contribution in [0.15, 0.2) is 41.0 Å². The van der Waals surface area contributed by atoms with Crippen LogP contribution in [0, 0.1) is 5.82 Å². The third kappa shape index (κ3) is 4.25. The van der Waals surface area contributed by atoms with E-state index in [2.05, 4.69) is 33.2 Å². The fourth-order valence-corrected chi connectivity index (χ4v) is 2.84. The zero-order valence-corrected chi connectivity index (χ0v) is 14.1. The van der Waals surface area contributed by atoms with Crippen LogP contribution in [0.1, 0.15) is 30.6 Å². The topological polar surface area (TPSA) is 24.9 Å². The molecule has 0 fully saturated rings. The molecule has 1 atom stereocenters. The Morgan fingerprint density at radius 1 is 1.33 bits per heavy atom. The van der Waals surface area contributed by atoms with Gasteiger partial charge in [0.15, 0.2) is 0 Å². The molecule has 1 aromatic carbocycles. The second-order valence-electron chi connectivity index (χ2n) is 4.79. The van der Waals surface area contributed by atoms with Gasteiger partial charge in [0.25, 0.3) is 0 Å². The highest BCUT2D eigenvalue weighted by atomic mass is 79.9. The number of rotatable bonds is 6. The Morgan fingerprint density at radius 2 is 2.14 bits per heavy atom. The van der Waals surface area contributed by atoms with Gasteiger partial charge in [0.2, 0.25) is 0 Å². The molecule has 1 aromatic heterocycles. The number of nitrogens with one attached hydrogen (secondary N) is 1. The van der Waals surface area contributed by atoms with Gasteiger partial charge in [-0.2, -0.15) is 0 Å². The van der Waals surface area contributed by atoms with Crippen molar-refractivity contribution in [2.45, 2.75) is 25.8 Å². The predicted octanol–water partition coefficient (Wildman–Crippen LogP) is 4.92. The minimum Gasteiger partial charge on any atom is -0.308 e. The van der Waals surface area contributed by atoms with E-state index in [0.29, 0.717) is 15.9 Å². The lowest BCUT2D eigenvalue weighted by atomic mass is 10.0. The van der Waals surface area contributed by atoms with Crippen molar-refractivity contribution in [2.75, 3.05) is 6.54 Å². The molecule has 0 amide bonds. The van der Waals surface area contributed by atoms with E-state index in [9.17, 15) is 4.39 Å². The van der Waals surface area contributed by atoms with Gasteiger partial charge in [0.1, 0.15) is 5.82 Å². The summed E-state index contributed by atoms with van der Waals surface area (Å²) in [7, 11) is 0. The van der Waals surface area contributed by atoms with Crippen molar-refractivity contribution in [1.82, 2.24) is 10.3 Å². The molecular weight excluding hydrogens is 355 g/mol. The summed E-state index contributed by atoms with van der Waals surface area (Å²) < 4.78 is 14.2. The van der Waals surface area contributed by atoms with Crippen LogP contribution in [0.25, 0.3) is 0 Å². The predicted molar refractivity (Wildman–Crippen MR) is 88.1 cm³/mol. The molecule has 112 valence electrons. The second-order valence-corrected chi connectivity index (χ2v) is 5.99. The van der Waals surface area contributed by atoms with E-state index in [0.717, 1.165) is 24.2 Å². The molecule has 0 spiro atoms. The number of pyridine rings is 1. The molecule has 0 saturated carbocycles. The van der Waals surface area contributed by atoms with Gasteiger partial charge in [0.05, 0.1) is 21.2 Å². The molecule has 5 heteroatoms. The Balaban J connectivity index is 2.28. The molecule has 1 unspecified atom stereocenters. The molecule has 2 nitrogen and oxygen atoms in total. The lowest BCUT2D eigenvalue weighted by Crippen LogP contribution is -2.25. The van der Waals surface area contributed by atoms with Gasteiger partial charge >= 0.3 is 0 Å². The quantitative estimate of drug-likeness (QED) is 0.779. The summed E-state index contributed by atoms with van der Waals surface area (Å²) in [6, 6.07) is 8.65. The maximum absolute atomic E-state index is 13.7. The zero-order valence-electron chi connectivity index (χ0n) is 11.7. The van der Waals surface area contributed by atoms with Crippen LogP contribution < -0.4 is 5.32 Å². The van der Waals surface area contributed by atoms with Gasteiger partial charge in [-0.25, -0.2) is 4.39 Å². The molecule has 1 N–H and O–H groups in total. The number of aromatic nitrogens is 1. The fraction of sp³-hybridized carbons (Fsp3) is 0.312. The highest BCUT2D eigenvalue weighted by Gasteiger charge is 2.18. The Kier molecular flexibility index (Phi) is 6.15. The fourth-order valence-electron chi connectivity index (χ4n) is 2.16.